The van der Waals surface area contributed by atoms with E-state index in [1.54, 1.807) is 0 Å². The minimum atomic E-state index is -0.616. The monoisotopic (exact) mass is 347 g/mol. The van der Waals surface area contributed by atoms with E-state index in [4.69, 9.17) is 10.5 Å². The second-order valence-corrected chi connectivity index (χ2v) is 6.22. The van der Waals surface area contributed by atoms with Crippen LogP contribution >= 0.6 is 15.9 Å². The largest absolute Gasteiger partial charge is 0.493 e. The molecule has 0 fully saturated rings. The Morgan fingerprint density at radius 1 is 1.19 bits per heavy atom. The fraction of sp³-hybridized carbons (Fsp3) is 0.294. The van der Waals surface area contributed by atoms with Crippen LogP contribution in [0.2, 0.25) is 0 Å². The molecule has 0 spiro atoms. The molecule has 0 bridgehead atoms. The zero-order valence-corrected chi connectivity index (χ0v) is 13.2. The third kappa shape index (κ3) is 2.98. The number of nitrogens with two attached hydrogens (primary N) is 1. The van der Waals surface area contributed by atoms with Gasteiger partial charge in [-0.2, -0.15) is 0 Å². The van der Waals surface area contributed by atoms with Gasteiger partial charge in [0.25, 0.3) is 0 Å². The molecular weight excluding hydrogens is 330 g/mol. The molecule has 0 radical (unpaired) electrons. The first-order valence-electron chi connectivity index (χ1n) is 7.08. The molecule has 0 aliphatic carbocycles. The van der Waals surface area contributed by atoms with E-state index in [9.17, 15) is 5.11 Å². The maximum absolute atomic E-state index is 10.7. The van der Waals surface area contributed by atoms with Gasteiger partial charge in [0.2, 0.25) is 0 Å². The Morgan fingerprint density at radius 2 is 2.05 bits per heavy atom. The van der Waals surface area contributed by atoms with Crippen LogP contribution in [0.5, 0.6) is 5.75 Å². The van der Waals surface area contributed by atoms with Crippen LogP contribution in [0, 0.1) is 0 Å². The zero-order chi connectivity index (χ0) is 14.8. The van der Waals surface area contributed by atoms with Crippen molar-refractivity contribution >= 4 is 15.9 Å². The molecule has 1 heterocycles. The molecule has 0 saturated carbocycles. The minimum Gasteiger partial charge on any atom is -0.493 e. The average molecular weight is 348 g/mol. The topological polar surface area (TPSA) is 55.5 Å². The van der Waals surface area contributed by atoms with Gasteiger partial charge in [0.1, 0.15) is 5.75 Å². The van der Waals surface area contributed by atoms with E-state index in [1.165, 1.54) is 0 Å². The van der Waals surface area contributed by atoms with Gasteiger partial charge in [-0.25, -0.2) is 0 Å². The summed E-state index contributed by atoms with van der Waals surface area (Å²) in [5, 5.41) is 10.7. The summed E-state index contributed by atoms with van der Waals surface area (Å²) in [7, 11) is 0. The quantitative estimate of drug-likeness (QED) is 0.893. The molecule has 0 saturated heterocycles. The first-order valence-corrected chi connectivity index (χ1v) is 7.87. The van der Waals surface area contributed by atoms with Crippen molar-refractivity contribution in [3.63, 3.8) is 0 Å². The number of hydrogen-bond donors (Lipinski definition) is 2. The molecular formula is C17H18BrNO2. The van der Waals surface area contributed by atoms with Gasteiger partial charge in [-0.3, -0.25) is 0 Å². The van der Waals surface area contributed by atoms with Crippen molar-refractivity contribution in [2.24, 2.45) is 5.73 Å². The molecule has 1 aliphatic rings. The lowest BCUT2D eigenvalue weighted by atomic mass is 9.88. The van der Waals surface area contributed by atoms with Gasteiger partial charge < -0.3 is 15.6 Å². The molecule has 110 valence electrons. The minimum absolute atomic E-state index is 0.122. The summed E-state index contributed by atoms with van der Waals surface area (Å²) in [6.07, 6.45) is 0.287. The van der Waals surface area contributed by atoms with Crippen LogP contribution in [-0.4, -0.2) is 18.3 Å². The molecule has 2 unspecified atom stereocenters. The lowest BCUT2D eigenvalue weighted by Crippen LogP contribution is -2.20. The Hall–Kier alpha value is -1.36. The highest BCUT2D eigenvalue weighted by Gasteiger charge is 2.23. The van der Waals surface area contributed by atoms with Crippen LogP contribution in [0.15, 0.2) is 46.9 Å². The second kappa shape index (κ2) is 6.18. The summed E-state index contributed by atoms with van der Waals surface area (Å²) in [6, 6.07) is 13.8. The zero-order valence-electron chi connectivity index (χ0n) is 11.6. The molecule has 0 amide bonds. The number of aliphatic hydroxyl groups excluding tert-OH is 1. The van der Waals surface area contributed by atoms with Gasteiger partial charge >= 0.3 is 0 Å². The van der Waals surface area contributed by atoms with Crippen LogP contribution in [0.25, 0.3) is 0 Å². The van der Waals surface area contributed by atoms with Crippen LogP contribution in [0.4, 0.5) is 0 Å². The standard InChI is InChI=1S/C17H18BrNO2/c18-14-3-1-2-11(9-14)15(10-19)17(20)13-4-5-16-12(8-13)6-7-21-16/h1-5,8-9,15,17,20H,6-7,10,19H2. The fourth-order valence-electron chi connectivity index (χ4n) is 2.81. The predicted octanol–water partition coefficient (Wildman–Crippen LogP) is 3.16. The SMILES string of the molecule is NCC(c1cccc(Br)c1)C(O)c1ccc2c(c1)CCO2. The summed E-state index contributed by atoms with van der Waals surface area (Å²) < 4.78 is 6.50. The summed E-state index contributed by atoms with van der Waals surface area (Å²) in [6.45, 7) is 1.12. The summed E-state index contributed by atoms with van der Waals surface area (Å²) in [4.78, 5) is 0. The highest BCUT2D eigenvalue weighted by Crippen LogP contribution is 2.34. The summed E-state index contributed by atoms with van der Waals surface area (Å²) in [5.41, 5.74) is 9.01. The molecule has 1 aliphatic heterocycles. The van der Waals surface area contributed by atoms with Gasteiger partial charge in [-0.15, -0.1) is 0 Å². The third-order valence-electron chi connectivity index (χ3n) is 3.97. The molecule has 3 nitrogen and oxygen atoms in total. The van der Waals surface area contributed by atoms with Gasteiger partial charge in [-0.1, -0.05) is 34.1 Å². The van der Waals surface area contributed by atoms with E-state index in [0.29, 0.717) is 6.54 Å². The molecule has 2 atom stereocenters. The van der Waals surface area contributed by atoms with Gasteiger partial charge in [0.15, 0.2) is 0 Å². The molecule has 2 aromatic rings. The van der Waals surface area contributed by atoms with E-state index < -0.39 is 6.10 Å². The van der Waals surface area contributed by atoms with E-state index in [2.05, 4.69) is 15.9 Å². The second-order valence-electron chi connectivity index (χ2n) is 5.31. The predicted molar refractivity (Wildman–Crippen MR) is 86.5 cm³/mol. The highest BCUT2D eigenvalue weighted by molar-refractivity contribution is 9.10. The molecule has 4 heteroatoms. The van der Waals surface area contributed by atoms with Crippen molar-refractivity contribution in [3.05, 3.63) is 63.6 Å². The summed E-state index contributed by atoms with van der Waals surface area (Å²) >= 11 is 3.47. The molecule has 0 aromatic heterocycles. The highest BCUT2D eigenvalue weighted by atomic mass is 79.9. The van der Waals surface area contributed by atoms with E-state index >= 15 is 0 Å². The van der Waals surface area contributed by atoms with Crippen molar-refractivity contribution in [1.29, 1.82) is 0 Å². The lowest BCUT2D eigenvalue weighted by molar-refractivity contribution is 0.147. The Kier molecular flexibility index (Phi) is 4.29. The van der Waals surface area contributed by atoms with Crippen LogP contribution in [0.3, 0.4) is 0 Å². The van der Waals surface area contributed by atoms with Gasteiger partial charge in [-0.05, 0) is 41.0 Å². The number of benzene rings is 2. The smallest absolute Gasteiger partial charge is 0.122 e. The average Bonchev–Trinajstić information content (AvgIpc) is 2.95. The number of fused-ring (bicyclic) bond motifs is 1. The molecule has 2 aromatic carbocycles. The van der Waals surface area contributed by atoms with Crippen molar-refractivity contribution in [2.75, 3.05) is 13.2 Å². The number of ether oxygens (including phenoxy) is 1. The number of hydrogen-bond acceptors (Lipinski definition) is 3. The number of halogens is 1. The van der Waals surface area contributed by atoms with Crippen LogP contribution in [-0.2, 0) is 6.42 Å². The Balaban J connectivity index is 1.90. The van der Waals surface area contributed by atoms with Crippen molar-refractivity contribution in [2.45, 2.75) is 18.4 Å². The number of aliphatic hydroxyl groups is 1. The molecule has 3 N–H and O–H groups in total. The van der Waals surface area contributed by atoms with E-state index in [0.717, 1.165) is 39.9 Å². The van der Waals surface area contributed by atoms with E-state index in [-0.39, 0.29) is 5.92 Å². The normalized spacial score (nSPS) is 16.1. The maximum atomic E-state index is 10.7. The van der Waals surface area contributed by atoms with Crippen molar-refractivity contribution in [1.82, 2.24) is 0 Å². The Morgan fingerprint density at radius 3 is 2.81 bits per heavy atom. The lowest BCUT2D eigenvalue weighted by Gasteiger charge is -2.23. The molecule has 21 heavy (non-hydrogen) atoms. The van der Waals surface area contributed by atoms with Crippen LogP contribution < -0.4 is 10.5 Å². The van der Waals surface area contributed by atoms with Crippen molar-refractivity contribution in [3.8, 4) is 5.75 Å². The van der Waals surface area contributed by atoms with Gasteiger partial charge in [0, 0.05) is 23.4 Å². The summed E-state index contributed by atoms with van der Waals surface area (Å²) in [5.74, 6) is 0.806. The van der Waals surface area contributed by atoms with E-state index in [1.807, 2.05) is 42.5 Å². The first kappa shape index (κ1) is 14.6. The first-order chi connectivity index (χ1) is 10.2. The van der Waals surface area contributed by atoms with Gasteiger partial charge in [0.05, 0.1) is 12.7 Å². The third-order valence-corrected chi connectivity index (χ3v) is 4.46. The Bertz CT molecular complexity index is 644. The number of rotatable bonds is 4. The fourth-order valence-corrected chi connectivity index (χ4v) is 3.22. The van der Waals surface area contributed by atoms with Crippen LogP contribution in [0.1, 0.15) is 28.7 Å². The molecule has 3 rings (SSSR count). The van der Waals surface area contributed by atoms with Crippen molar-refractivity contribution < 1.29 is 9.84 Å². The maximum Gasteiger partial charge on any atom is 0.122 e. The Labute approximate surface area is 132 Å².